The first-order valence-electron chi connectivity index (χ1n) is 5.41. The van der Waals surface area contributed by atoms with Gasteiger partial charge in [0.25, 0.3) is 0 Å². The molecule has 0 heterocycles. The van der Waals surface area contributed by atoms with Gasteiger partial charge in [0.2, 0.25) is 5.91 Å². The molecule has 1 fully saturated rings. The lowest BCUT2D eigenvalue weighted by molar-refractivity contribution is -0.121. The van der Waals surface area contributed by atoms with E-state index in [2.05, 4.69) is 11.9 Å². The molecule has 86 valence electrons. The van der Waals surface area contributed by atoms with Gasteiger partial charge in [-0.2, -0.15) is 0 Å². The van der Waals surface area contributed by atoms with Crippen LogP contribution in [0.1, 0.15) is 46.5 Å². The maximum atomic E-state index is 13.7. The van der Waals surface area contributed by atoms with Crippen LogP contribution in [0.3, 0.4) is 0 Å². The molecule has 0 spiro atoms. The standard InChI is InChI=1S/C12H20FNO/c1-9(2)12(14-10(3)15)7-5-11(4,13)6-8-12/h1,5-8H2,2-4H3,(H,14,15). The van der Waals surface area contributed by atoms with Crippen molar-refractivity contribution < 1.29 is 9.18 Å². The first kappa shape index (κ1) is 12.2. The summed E-state index contributed by atoms with van der Waals surface area (Å²) in [5.74, 6) is -0.0690. The van der Waals surface area contributed by atoms with E-state index >= 15 is 0 Å². The largest absolute Gasteiger partial charge is 0.347 e. The molecule has 1 amide bonds. The van der Waals surface area contributed by atoms with Crippen LogP contribution < -0.4 is 5.32 Å². The Balaban J connectivity index is 2.78. The summed E-state index contributed by atoms with van der Waals surface area (Å²) in [5.41, 5.74) is -0.539. The SMILES string of the molecule is C=C(C)C1(NC(C)=O)CCC(C)(F)CC1. The second-order valence-electron chi connectivity index (χ2n) is 4.96. The molecule has 0 atom stereocenters. The van der Waals surface area contributed by atoms with Crippen molar-refractivity contribution in [2.24, 2.45) is 0 Å². The van der Waals surface area contributed by atoms with Crippen molar-refractivity contribution in [3.05, 3.63) is 12.2 Å². The molecule has 1 aliphatic rings. The number of carbonyl (C=O) groups is 1. The number of alkyl halides is 1. The maximum absolute atomic E-state index is 13.7. The first-order valence-corrected chi connectivity index (χ1v) is 5.41. The fourth-order valence-electron chi connectivity index (χ4n) is 2.19. The Kier molecular flexibility index (Phi) is 3.22. The van der Waals surface area contributed by atoms with Crippen molar-refractivity contribution >= 4 is 5.91 Å². The number of rotatable bonds is 2. The van der Waals surface area contributed by atoms with Crippen molar-refractivity contribution in [1.29, 1.82) is 0 Å². The molecule has 2 nitrogen and oxygen atoms in total. The molecule has 0 aromatic heterocycles. The van der Waals surface area contributed by atoms with Crippen LogP contribution in [0.4, 0.5) is 4.39 Å². The molecule has 0 unspecified atom stereocenters. The molecule has 0 saturated heterocycles. The third kappa shape index (κ3) is 2.80. The molecule has 0 bridgehead atoms. The van der Waals surface area contributed by atoms with Gasteiger partial charge in [0.15, 0.2) is 0 Å². The van der Waals surface area contributed by atoms with Crippen molar-refractivity contribution in [2.75, 3.05) is 0 Å². The second kappa shape index (κ2) is 3.95. The Hall–Kier alpha value is -0.860. The van der Waals surface area contributed by atoms with Crippen molar-refractivity contribution in [2.45, 2.75) is 57.7 Å². The minimum absolute atomic E-state index is 0.0690. The highest BCUT2D eigenvalue weighted by atomic mass is 19.1. The van der Waals surface area contributed by atoms with Gasteiger partial charge in [-0.15, -0.1) is 0 Å². The summed E-state index contributed by atoms with van der Waals surface area (Å²) < 4.78 is 13.7. The normalized spacial score (nSPS) is 36.0. The zero-order valence-electron chi connectivity index (χ0n) is 9.82. The van der Waals surface area contributed by atoms with Crippen LogP contribution in [0.25, 0.3) is 0 Å². The van der Waals surface area contributed by atoms with Gasteiger partial charge in [-0.25, -0.2) is 4.39 Å². The van der Waals surface area contributed by atoms with E-state index in [4.69, 9.17) is 0 Å². The molecular formula is C12H20FNO. The number of nitrogens with one attached hydrogen (secondary N) is 1. The lowest BCUT2D eigenvalue weighted by atomic mass is 9.72. The van der Waals surface area contributed by atoms with Gasteiger partial charge in [0.05, 0.1) is 5.54 Å². The van der Waals surface area contributed by atoms with Crippen LogP contribution in [-0.2, 0) is 4.79 Å². The van der Waals surface area contributed by atoms with Crippen LogP contribution >= 0.6 is 0 Å². The number of carbonyl (C=O) groups excluding carboxylic acids is 1. The zero-order chi connectivity index (χ0) is 11.7. The topological polar surface area (TPSA) is 29.1 Å². The summed E-state index contributed by atoms with van der Waals surface area (Å²) in [4.78, 5) is 11.1. The van der Waals surface area contributed by atoms with Crippen molar-refractivity contribution in [3.63, 3.8) is 0 Å². The van der Waals surface area contributed by atoms with E-state index in [-0.39, 0.29) is 11.4 Å². The molecule has 1 N–H and O–H groups in total. The Morgan fingerprint density at radius 1 is 1.27 bits per heavy atom. The highest BCUT2D eigenvalue weighted by Crippen LogP contribution is 2.40. The molecule has 0 radical (unpaired) electrons. The third-order valence-electron chi connectivity index (χ3n) is 3.38. The Labute approximate surface area is 90.9 Å². The Morgan fingerprint density at radius 2 is 1.73 bits per heavy atom. The van der Waals surface area contributed by atoms with Crippen LogP contribution in [0.5, 0.6) is 0 Å². The lowest BCUT2D eigenvalue weighted by Gasteiger charge is -2.42. The van der Waals surface area contributed by atoms with Crippen molar-refractivity contribution in [1.82, 2.24) is 5.32 Å². The average Bonchev–Trinajstić information content (AvgIpc) is 2.08. The number of hydrogen-bond acceptors (Lipinski definition) is 1. The van der Waals surface area contributed by atoms with E-state index in [1.54, 1.807) is 6.92 Å². The van der Waals surface area contributed by atoms with E-state index in [0.717, 1.165) is 5.57 Å². The minimum atomic E-state index is -1.09. The monoisotopic (exact) mass is 213 g/mol. The molecule has 15 heavy (non-hydrogen) atoms. The molecule has 0 aromatic rings. The fourth-order valence-corrected chi connectivity index (χ4v) is 2.19. The van der Waals surface area contributed by atoms with Crippen molar-refractivity contribution in [3.8, 4) is 0 Å². The summed E-state index contributed by atoms with van der Waals surface area (Å²) in [6, 6.07) is 0. The van der Waals surface area contributed by atoms with E-state index in [9.17, 15) is 9.18 Å². The van der Waals surface area contributed by atoms with E-state index in [1.807, 2.05) is 6.92 Å². The van der Waals surface area contributed by atoms with Gasteiger partial charge in [-0.3, -0.25) is 4.79 Å². The molecule has 0 aliphatic heterocycles. The zero-order valence-corrected chi connectivity index (χ0v) is 9.82. The molecular weight excluding hydrogens is 193 g/mol. The first-order chi connectivity index (χ1) is 6.77. The highest BCUT2D eigenvalue weighted by molar-refractivity contribution is 5.74. The van der Waals surface area contributed by atoms with Crippen LogP contribution in [0, 0.1) is 0 Å². The smallest absolute Gasteiger partial charge is 0.217 e. The van der Waals surface area contributed by atoms with Gasteiger partial charge in [0.1, 0.15) is 5.67 Å². The van der Waals surface area contributed by atoms with Crippen LogP contribution in [0.15, 0.2) is 12.2 Å². The average molecular weight is 213 g/mol. The predicted molar refractivity (Wildman–Crippen MR) is 59.3 cm³/mol. The number of amides is 1. The number of hydrogen-bond donors (Lipinski definition) is 1. The van der Waals surface area contributed by atoms with E-state index in [1.165, 1.54) is 6.92 Å². The molecule has 3 heteroatoms. The highest BCUT2D eigenvalue weighted by Gasteiger charge is 2.41. The van der Waals surface area contributed by atoms with Crippen LogP contribution in [-0.4, -0.2) is 17.1 Å². The van der Waals surface area contributed by atoms with Gasteiger partial charge in [0, 0.05) is 6.92 Å². The molecule has 1 aliphatic carbocycles. The van der Waals surface area contributed by atoms with Gasteiger partial charge in [-0.05, 0) is 39.5 Å². The predicted octanol–water partition coefficient (Wildman–Crippen LogP) is 2.74. The summed E-state index contributed by atoms with van der Waals surface area (Å²) in [6.45, 7) is 8.94. The Bertz CT molecular complexity index is 273. The Morgan fingerprint density at radius 3 is 2.07 bits per heavy atom. The lowest BCUT2D eigenvalue weighted by Crippen LogP contribution is -2.52. The quantitative estimate of drug-likeness (QED) is 0.702. The molecule has 0 aromatic carbocycles. The molecule has 1 rings (SSSR count). The maximum Gasteiger partial charge on any atom is 0.217 e. The second-order valence-corrected chi connectivity index (χ2v) is 4.96. The van der Waals surface area contributed by atoms with E-state index in [0.29, 0.717) is 25.7 Å². The number of halogens is 1. The molecule has 1 saturated carbocycles. The van der Waals surface area contributed by atoms with Gasteiger partial charge in [-0.1, -0.05) is 12.2 Å². The van der Waals surface area contributed by atoms with E-state index < -0.39 is 5.67 Å². The fraction of sp³-hybridized carbons (Fsp3) is 0.750. The summed E-state index contributed by atoms with van der Waals surface area (Å²) in [5, 5.41) is 2.93. The summed E-state index contributed by atoms with van der Waals surface area (Å²) >= 11 is 0. The van der Waals surface area contributed by atoms with Gasteiger partial charge >= 0.3 is 0 Å². The summed E-state index contributed by atoms with van der Waals surface area (Å²) in [6.07, 6.45) is 2.27. The van der Waals surface area contributed by atoms with Gasteiger partial charge < -0.3 is 5.32 Å². The third-order valence-corrected chi connectivity index (χ3v) is 3.38. The minimum Gasteiger partial charge on any atom is -0.347 e. The summed E-state index contributed by atoms with van der Waals surface area (Å²) in [7, 11) is 0. The van der Waals surface area contributed by atoms with Crippen LogP contribution in [0.2, 0.25) is 0 Å².